The Hall–Kier alpha value is 0.0100. The van der Waals surface area contributed by atoms with E-state index >= 15 is 0 Å². The van der Waals surface area contributed by atoms with Gasteiger partial charge in [0, 0.05) is 10.6 Å². The summed E-state index contributed by atoms with van der Waals surface area (Å²) in [4.78, 5) is 1.26. The molecule has 0 bridgehead atoms. The summed E-state index contributed by atoms with van der Waals surface area (Å²) in [6, 6.07) is 2.05. The largest absolute Gasteiger partial charge is 0.388 e. The van der Waals surface area contributed by atoms with E-state index in [1.165, 1.54) is 4.88 Å². The minimum atomic E-state index is -0.282. The van der Waals surface area contributed by atoms with E-state index in [9.17, 15) is 5.11 Å². The molecule has 1 N–H and O–H groups in total. The van der Waals surface area contributed by atoms with Crippen LogP contribution in [0, 0.1) is 6.92 Å². The molecule has 0 radical (unpaired) electrons. The van der Waals surface area contributed by atoms with Gasteiger partial charge < -0.3 is 5.11 Å². The third-order valence-electron chi connectivity index (χ3n) is 1.46. The molecule has 1 atom stereocenters. The van der Waals surface area contributed by atoms with Gasteiger partial charge in [-0.15, -0.1) is 11.3 Å². The van der Waals surface area contributed by atoms with Crippen LogP contribution in [0.4, 0.5) is 0 Å². The molecule has 0 saturated carbocycles. The molecule has 1 rings (SSSR count). The number of aryl methyl sites for hydroxylation is 1. The van der Waals surface area contributed by atoms with Crippen LogP contribution >= 0.6 is 23.1 Å². The first-order valence-electron chi connectivity index (χ1n) is 3.46. The second-order valence-electron chi connectivity index (χ2n) is 2.46. The van der Waals surface area contributed by atoms with Crippen LogP contribution in [0.5, 0.6) is 0 Å². The van der Waals surface area contributed by atoms with Gasteiger partial charge in [0.1, 0.15) is 0 Å². The third-order valence-corrected chi connectivity index (χ3v) is 2.99. The lowest BCUT2D eigenvalue weighted by molar-refractivity contribution is 0.204. The van der Waals surface area contributed by atoms with Crippen molar-refractivity contribution in [1.82, 2.24) is 0 Å². The molecule has 1 aromatic rings. The summed E-state index contributed by atoms with van der Waals surface area (Å²) in [6.07, 6.45) is 1.72. The molecule has 0 saturated heterocycles. The summed E-state index contributed by atoms with van der Waals surface area (Å²) in [6.45, 7) is 2.06. The van der Waals surface area contributed by atoms with Gasteiger partial charge in [-0.3, -0.25) is 0 Å². The Morgan fingerprint density at radius 2 is 2.45 bits per heavy atom. The first-order chi connectivity index (χ1) is 5.24. The van der Waals surface area contributed by atoms with Gasteiger partial charge >= 0.3 is 0 Å². The van der Waals surface area contributed by atoms with E-state index in [1.54, 1.807) is 23.1 Å². The Labute approximate surface area is 75.4 Å². The standard InChI is InChI=1S/C8H12OS2/c1-6-3-7(4-11-6)8(9)5-10-2/h3-4,8-9H,5H2,1-2H3. The molecule has 0 aliphatic carbocycles. The van der Waals surface area contributed by atoms with Crippen molar-refractivity contribution in [2.45, 2.75) is 13.0 Å². The molecule has 0 aliphatic heterocycles. The minimum Gasteiger partial charge on any atom is -0.388 e. The Balaban J connectivity index is 2.60. The molecule has 0 spiro atoms. The van der Waals surface area contributed by atoms with Crippen molar-refractivity contribution < 1.29 is 5.11 Å². The number of aliphatic hydroxyl groups excluding tert-OH is 1. The number of thioether (sulfide) groups is 1. The minimum absolute atomic E-state index is 0.282. The fourth-order valence-electron chi connectivity index (χ4n) is 0.893. The molecule has 62 valence electrons. The van der Waals surface area contributed by atoms with Crippen LogP contribution < -0.4 is 0 Å². The zero-order valence-corrected chi connectivity index (χ0v) is 8.34. The van der Waals surface area contributed by atoms with E-state index in [0.717, 1.165) is 11.3 Å². The molecule has 0 aromatic carbocycles. The quantitative estimate of drug-likeness (QED) is 0.786. The van der Waals surface area contributed by atoms with Gasteiger partial charge in [-0.1, -0.05) is 0 Å². The lowest BCUT2D eigenvalue weighted by Gasteiger charge is -2.04. The molecule has 1 unspecified atom stereocenters. The molecule has 1 nitrogen and oxygen atoms in total. The van der Waals surface area contributed by atoms with Crippen LogP contribution in [-0.4, -0.2) is 17.1 Å². The Morgan fingerprint density at radius 3 is 2.91 bits per heavy atom. The fraction of sp³-hybridized carbons (Fsp3) is 0.500. The number of aliphatic hydroxyl groups is 1. The summed E-state index contributed by atoms with van der Waals surface area (Å²) in [5.74, 6) is 0.788. The summed E-state index contributed by atoms with van der Waals surface area (Å²) in [7, 11) is 0. The van der Waals surface area contributed by atoms with E-state index in [1.807, 2.05) is 17.7 Å². The SMILES string of the molecule is CSCC(O)c1csc(C)c1. The molecule has 0 fully saturated rings. The van der Waals surface area contributed by atoms with E-state index < -0.39 is 0 Å². The van der Waals surface area contributed by atoms with E-state index in [2.05, 4.69) is 6.92 Å². The molecule has 0 aliphatic rings. The Bertz CT molecular complexity index is 220. The van der Waals surface area contributed by atoms with Crippen molar-refractivity contribution in [1.29, 1.82) is 0 Å². The highest BCUT2D eigenvalue weighted by Crippen LogP contribution is 2.22. The van der Waals surface area contributed by atoms with Crippen LogP contribution in [0.25, 0.3) is 0 Å². The van der Waals surface area contributed by atoms with Gasteiger partial charge in [-0.05, 0) is 30.2 Å². The smallest absolute Gasteiger partial charge is 0.0888 e. The summed E-state index contributed by atoms with van der Waals surface area (Å²) in [5.41, 5.74) is 1.06. The molecular weight excluding hydrogens is 176 g/mol. The average molecular weight is 188 g/mol. The van der Waals surface area contributed by atoms with Crippen molar-refractivity contribution in [3.8, 4) is 0 Å². The highest BCUT2D eigenvalue weighted by atomic mass is 32.2. The van der Waals surface area contributed by atoms with E-state index in [0.29, 0.717) is 0 Å². The molecule has 11 heavy (non-hydrogen) atoms. The molecule has 0 amide bonds. The van der Waals surface area contributed by atoms with Crippen LogP contribution in [0.15, 0.2) is 11.4 Å². The summed E-state index contributed by atoms with van der Waals surface area (Å²) >= 11 is 3.36. The molecular formula is C8H12OS2. The third kappa shape index (κ3) is 2.51. The second kappa shape index (κ2) is 4.14. The monoisotopic (exact) mass is 188 g/mol. The van der Waals surface area contributed by atoms with Crippen molar-refractivity contribution in [2.24, 2.45) is 0 Å². The average Bonchev–Trinajstić information content (AvgIpc) is 2.36. The molecule has 1 heterocycles. The zero-order valence-electron chi connectivity index (χ0n) is 6.70. The lowest BCUT2D eigenvalue weighted by Crippen LogP contribution is -1.97. The highest BCUT2D eigenvalue weighted by molar-refractivity contribution is 7.98. The van der Waals surface area contributed by atoms with Crippen molar-refractivity contribution in [3.05, 3.63) is 21.9 Å². The number of hydrogen-bond acceptors (Lipinski definition) is 3. The maximum absolute atomic E-state index is 9.52. The van der Waals surface area contributed by atoms with Gasteiger partial charge in [-0.2, -0.15) is 11.8 Å². The predicted octanol–water partition coefficient (Wildman–Crippen LogP) is 2.45. The first-order valence-corrected chi connectivity index (χ1v) is 5.73. The molecule has 1 aromatic heterocycles. The Kier molecular flexibility index (Phi) is 3.43. The maximum atomic E-state index is 9.52. The lowest BCUT2D eigenvalue weighted by atomic mass is 10.2. The molecule has 3 heteroatoms. The maximum Gasteiger partial charge on any atom is 0.0888 e. The highest BCUT2D eigenvalue weighted by Gasteiger charge is 2.06. The van der Waals surface area contributed by atoms with Gasteiger partial charge in [-0.25, -0.2) is 0 Å². The number of thiophene rings is 1. The van der Waals surface area contributed by atoms with Crippen molar-refractivity contribution in [3.63, 3.8) is 0 Å². The number of hydrogen-bond donors (Lipinski definition) is 1. The fourth-order valence-corrected chi connectivity index (χ4v) is 2.15. The normalized spacial score (nSPS) is 13.4. The van der Waals surface area contributed by atoms with E-state index in [4.69, 9.17) is 0 Å². The van der Waals surface area contributed by atoms with Crippen molar-refractivity contribution >= 4 is 23.1 Å². The Morgan fingerprint density at radius 1 is 1.73 bits per heavy atom. The second-order valence-corrected chi connectivity index (χ2v) is 4.49. The van der Waals surface area contributed by atoms with Crippen molar-refractivity contribution in [2.75, 3.05) is 12.0 Å². The summed E-state index contributed by atoms with van der Waals surface area (Å²) in [5, 5.41) is 11.5. The van der Waals surface area contributed by atoms with Crippen LogP contribution in [0.2, 0.25) is 0 Å². The predicted molar refractivity (Wildman–Crippen MR) is 52.4 cm³/mol. The topological polar surface area (TPSA) is 20.2 Å². The number of rotatable bonds is 3. The van der Waals surface area contributed by atoms with Gasteiger partial charge in [0.15, 0.2) is 0 Å². The van der Waals surface area contributed by atoms with Crippen LogP contribution in [-0.2, 0) is 0 Å². The van der Waals surface area contributed by atoms with Gasteiger partial charge in [0.2, 0.25) is 0 Å². The van der Waals surface area contributed by atoms with E-state index in [-0.39, 0.29) is 6.10 Å². The van der Waals surface area contributed by atoms with Crippen LogP contribution in [0.1, 0.15) is 16.5 Å². The van der Waals surface area contributed by atoms with Gasteiger partial charge in [0.25, 0.3) is 0 Å². The summed E-state index contributed by atoms with van der Waals surface area (Å²) < 4.78 is 0. The zero-order chi connectivity index (χ0) is 8.27. The van der Waals surface area contributed by atoms with Crippen LogP contribution in [0.3, 0.4) is 0 Å². The van der Waals surface area contributed by atoms with Gasteiger partial charge in [0.05, 0.1) is 6.10 Å². The first kappa shape index (κ1) is 9.10.